The molecule has 2 rings (SSSR count). The zero-order valence-corrected chi connectivity index (χ0v) is 13.3. The van der Waals surface area contributed by atoms with Crippen molar-refractivity contribution in [2.45, 2.75) is 40.0 Å². The molecule has 1 atom stereocenters. The molecule has 1 unspecified atom stereocenters. The lowest BCUT2D eigenvalue weighted by Gasteiger charge is -2.32. The van der Waals surface area contributed by atoms with Crippen molar-refractivity contribution < 1.29 is 9.59 Å². The summed E-state index contributed by atoms with van der Waals surface area (Å²) in [6.07, 6.45) is 2.38. The van der Waals surface area contributed by atoms with Crippen molar-refractivity contribution in [3.8, 4) is 0 Å². The smallest absolute Gasteiger partial charge is 0.222 e. The highest BCUT2D eigenvalue weighted by Crippen LogP contribution is 2.22. The van der Waals surface area contributed by atoms with E-state index < -0.39 is 0 Å². The summed E-state index contributed by atoms with van der Waals surface area (Å²) in [6, 6.07) is 7.73. The molecule has 1 aromatic rings. The van der Waals surface area contributed by atoms with Crippen LogP contribution >= 0.6 is 0 Å². The summed E-state index contributed by atoms with van der Waals surface area (Å²) < 4.78 is 0. The maximum Gasteiger partial charge on any atom is 0.222 e. The summed E-state index contributed by atoms with van der Waals surface area (Å²) in [4.78, 5) is 26.6. The average molecular weight is 287 g/mol. The van der Waals surface area contributed by atoms with Crippen LogP contribution < -0.4 is 0 Å². The van der Waals surface area contributed by atoms with Crippen molar-refractivity contribution >= 4 is 11.7 Å². The van der Waals surface area contributed by atoms with Gasteiger partial charge in [0.1, 0.15) is 0 Å². The number of ketones is 1. The molecule has 0 N–H and O–H groups in total. The van der Waals surface area contributed by atoms with E-state index >= 15 is 0 Å². The molecule has 21 heavy (non-hydrogen) atoms. The molecule has 0 aliphatic carbocycles. The predicted molar refractivity (Wildman–Crippen MR) is 84.3 cm³/mol. The molecule has 1 aromatic carbocycles. The maximum atomic E-state index is 12.6. The van der Waals surface area contributed by atoms with Gasteiger partial charge in [-0.15, -0.1) is 0 Å². The molecule has 1 heterocycles. The highest BCUT2D eigenvalue weighted by molar-refractivity contribution is 5.98. The van der Waals surface area contributed by atoms with Gasteiger partial charge < -0.3 is 4.90 Å². The molecule has 3 nitrogen and oxygen atoms in total. The molecule has 0 saturated carbocycles. The molecular formula is C18H25NO2. The zero-order valence-electron chi connectivity index (χ0n) is 13.3. The number of hydrogen-bond donors (Lipinski definition) is 0. The molecule has 1 aliphatic rings. The first-order valence-electron chi connectivity index (χ1n) is 7.86. The molecule has 0 bridgehead atoms. The van der Waals surface area contributed by atoms with Crippen molar-refractivity contribution in [1.82, 2.24) is 4.90 Å². The van der Waals surface area contributed by atoms with Crippen molar-refractivity contribution in [1.29, 1.82) is 0 Å². The number of likely N-dealkylation sites (tertiary alicyclic amines) is 1. The van der Waals surface area contributed by atoms with Gasteiger partial charge in [-0.05, 0) is 25.7 Å². The second-order valence-corrected chi connectivity index (χ2v) is 6.51. The molecule has 0 aromatic heterocycles. The van der Waals surface area contributed by atoms with E-state index in [9.17, 15) is 9.59 Å². The van der Waals surface area contributed by atoms with Gasteiger partial charge in [0.25, 0.3) is 0 Å². The average Bonchev–Trinajstić information content (AvgIpc) is 2.47. The minimum absolute atomic E-state index is 0.0439. The molecule has 0 radical (unpaired) electrons. The van der Waals surface area contributed by atoms with Crippen LogP contribution in [0.5, 0.6) is 0 Å². The van der Waals surface area contributed by atoms with Gasteiger partial charge in [-0.1, -0.05) is 43.7 Å². The van der Waals surface area contributed by atoms with E-state index in [2.05, 4.69) is 13.8 Å². The van der Waals surface area contributed by atoms with Crippen LogP contribution in [0.4, 0.5) is 0 Å². The highest BCUT2D eigenvalue weighted by atomic mass is 16.2. The first-order chi connectivity index (χ1) is 9.97. The summed E-state index contributed by atoms with van der Waals surface area (Å²) in [7, 11) is 0. The third kappa shape index (κ3) is 4.16. The van der Waals surface area contributed by atoms with Crippen LogP contribution in [0.1, 0.15) is 49.0 Å². The first-order valence-corrected chi connectivity index (χ1v) is 7.86. The molecule has 3 heteroatoms. The first kappa shape index (κ1) is 15.7. The Labute approximate surface area is 127 Å². The lowest BCUT2D eigenvalue weighted by Crippen LogP contribution is -2.42. The Hall–Kier alpha value is -1.64. The molecule has 1 aliphatic heterocycles. The van der Waals surface area contributed by atoms with Gasteiger partial charge in [-0.2, -0.15) is 0 Å². The van der Waals surface area contributed by atoms with E-state index in [1.807, 2.05) is 36.1 Å². The number of carbonyl (C=O) groups excluding carboxylic acids is 2. The van der Waals surface area contributed by atoms with E-state index in [0.717, 1.165) is 30.5 Å². The topological polar surface area (TPSA) is 37.4 Å². The minimum Gasteiger partial charge on any atom is -0.342 e. The van der Waals surface area contributed by atoms with Gasteiger partial charge in [0.15, 0.2) is 5.78 Å². The van der Waals surface area contributed by atoms with Gasteiger partial charge in [-0.3, -0.25) is 9.59 Å². The fourth-order valence-corrected chi connectivity index (χ4v) is 2.85. The molecule has 1 fully saturated rings. The number of nitrogens with zero attached hydrogens (tertiary/aromatic N) is 1. The number of benzene rings is 1. The Morgan fingerprint density at radius 3 is 2.52 bits per heavy atom. The Morgan fingerprint density at radius 2 is 1.90 bits per heavy atom. The minimum atomic E-state index is -0.0439. The van der Waals surface area contributed by atoms with Crippen molar-refractivity contribution in [2.24, 2.45) is 11.8 Å². The second-order valence-electron chi connectivity index (χ2n) is 6.51. The van der Waals surface area contributed by atoms with Gasteiger partial charge in [0.05, 0.1) is 0 Å². The van der Waals surface area contributed by atoms with E-state index in [1.54, 1.807) is 0 Å². The SMILES string of the molecule is Cc1ccc(C(=O)C2CCCN(C(=O)CC(C)C)C2)cc1. The van der Waals surface area contributed by atoms with Crippen molar-refractivity contribution in [2.75, 3.05) is 13.1 Å². The molecule has 1 amide bonds. The Balaban J connectivity index is 2.01. The summed E-state index contributed by atoms with van der Waals surface area (Å²) in [5.41, 5.74) is 1.92. The van der Waals surface area contributed by atoms with Gasteiger partial charge in [0, 0.05) is 31.0 Å². The summed E-state index contributed by atoms with van der Waals surface area (Å²) in [6.45, 7) is 7.50. The number of amides is 1. The number of Topliss-reactive ketones (excluding diaryl/α,β-unsaturated/α-hetero) is 1. The molecule has 114 valence electrons. The van der Waals surface area contributed by atoms with Gasteiger partial charge in [-0.25, -0.2) is 0 Å². The van der Waals surface area contributed by atoms with Crippen LogP contribution in [0.2, 0.25) is 0 Å². The third-order valence-corrected chi connectivity index (χ3v) is 4.06. The van der Waals surface area contributed by atoms with E-state index in [4.69, 9.17) is 0 Å². The fourth-order valence-electron chi connectivity index (χ4n) is 2.85. The summed E-state index contributed by atoms with van der Waals surface area (Å²) in [5.74, 6) is 0.687. The van der Waals surface area contributed by atoms with Crippen LogP contribution in [-0.2, 0) is 4.79 Å². The van der Waals surface area contributed by atoms with Crippen LogP contribution in [0.15, 0.2) is 24.3 Å². The predicted octanol–water partition coefficient (Wildman–Crippen LogP) is 3.46. The van der Waals surface area contributed by atoms with E-state index in [-0.39, 0.29) is 17.6 Å². The van der Waals surface area contributed by atoms with Gasteiger partial charge in [0.2, 0.25) is 5.91 Å². The Kier molecular flexibility index (Phi) is 5.16. The number of aryl methyl sites for hydroxylation is 1. The van der Waals surface area contributed by atoms with Gasteiger partial charge >= 0.3 is 0 Å². The van der Waals surface area contributed by atoms with Crippen molar-refractivity contribution in [3.63, 3.8) is 0 Å². The number of rotatable bonds is 4. The second kappa shape index (κ2) is 6.88. The zero-order chi connectivity index (χ0) is 15.4. The lowest BCUT2D eigenvalue weighted by molar-refractivity contribution is -0.133. The number of carbonyl (C=O) groups is 2. The Bertz CT molecular complexity index is 504. The number of piperidine rings is 1. The standard InChI is InChI=1S/C18H25NO2/c1-13(2)11-17(20)19-10-4-5-16(12-19)18(21)15-8-6-14(3)7-9-15/h6-9,13,16H,4-5,10-12H2,1-3H3. The largest absolute Gasteiger partial charge is 0.342 e. The Morgan fingerprint density at radius 1 is 1.24 bits per heavy atom. The van der Waals surface area contributed by atoms with Crippen LogP contribution in [0, 0.1) is 18.8 Å². The quantitative estimate of drug-likeness (QED) is 0.795. The molecular weight excluding hydrogens is 262 g/mol. The van der Waals surface area contributed by atoms with Crippen LogP contribution in [0.25, 0.3) is 0 Å². The van der Waals surface area contributed by atoms with Crippen LogP contribution in [-0.4, -0.2) is 29.7 Å². The van der Waals surface area contributed by atoms with E-state index in [0.29, 0.717) is 18.9 Å². The normalized spacial score (nSPS) is 18.9. The van der Waals surface area contributed by atoms with E-state index in [1.165, 1.54) is 0 Å². The molecule has 1 saturated heterocycles. The summed E-state index contributed by atoms with van der Waals surface area (Å²) >= 11 is 0. The molecule has 0 spiro atoms. The van der Waals surface area contributed by atoms with Crippen molar-refractivity contribution in [3.05, 3.63) is 35.4 Å². The fraction of sp³-hybridized carbons (Fsp3) is 0.556. The summed E-state index contributed by atoms with van der Waals surface area (Å²) in [5, 5.41) is 0. The van der Waals surface area contributed by atoms with Crippen LogP contribution in [0.3, 0.4) is 0 Å². The lowest BCUT2D eigenvalue weighted by atomic mass is 9.89. The third-order valence-electron chi connectivity index (χ3n) is 4.06. The number of hydrogen-bond acceptors (Lipinski definition) is 2. The monoisotopic (exact) mass is 287 g/mol. The highest BCUT2D eigenvalue weighted by Gasteiger charge is 2.28. The maximum absolute atomic E-state index is 12.6.